The molecule has 0 saturated carbocycles. The first kappa shape index (κ1) is 19.6. The van der Waals surface area contributed by atoms with Crippen molar-refractivity contribution in [3.8, 4) is 0 Å². The normalized spacial score (nSPS) is 11.1. The number of carbonyl (C=O) groups is 2. The van der Waals surface area contributed by atoms with Gasteiger partial charge in [0.15, 0.2) is 0 Å². The number of pyridine rings is 1. The molecule has 5 heteroatoms. The van der Waals surface area contributed by atoms with Crippen molar-refractivity contribution in [1.82, 2.24) is 10.3 Å². The van der Waals surface area contributed by atoms with Crippen LogP contribution in [0.5, 0.6) is 0 Å². The van der Waals surface area contributed by atoms with E-state index in [4.69, 9.17) is 0 Å². The molecule has 2 amide bonds. The molecule has 5 nitrogen and oxygen atoms in total. The molecule has 138 valence electrons. The lowest BCUT2D eigenvalue weighted by atomic mass is 9.94. The second-order valence-electron chi connectivity index (χ2n) is 7.59. The standard InChI is InChI=1S/C21H27N3O2/c1-15-10-16(2)12-18(11-15)24(20(26)21(3,4)5)14-19(25)23-13-17-8-6-7-9-22-17/h6-12H,13-14H2,1-5H3,(H,23,25). The van der Waals surface area contributed by atoms with Gasteiger partial charge in [-0.3, -0.25) is 14.6 Å². The van der Waals surface area contributed by atoms with Crippen LogP contribution in [0.2, 0.25) is 0 Å². The lowest BCUT2D eigenvalue weighted by Gasteiger charge is -2.29. The van der Waals surface area contributed by atoms with Gasteiger partial charge in [0, 0.05) is 17.3 Å². The molecular formula is C21H27N3O2. The van der Waals surface area contributed by atoms with Crippen LogP contribution in [0.25, 0.3) is 0 Å². The largest absolute Gasteiger partial charge is 0.349 e. The minimum atomic E-state index is -0.584. The molecule has 0 unspecified atom stereocenters. The van der Waals surface area contributed by atoms with E-state index in [0.29, 0.717) is 6.54 Å². The van der Waals surface area contributed by atoms with Crippen LogP contribution in [0.1, 0.15) is 37.6 Å². The van der Waals surface area contributed by atoms with Gasteiger partial charge in [0.05, 0.1) is 12.2 Å². The second kappa shape index (κ2) is 8.13. The zero-order chi connectivity index (χ0) is 19.3. The number of nitrogens with zero attached hydrogens (tertiary/aromatic N) is 2. The number of carbonyl (C=O) groups excluding carboxylic acids is 2. The average molecular weight is 353 g/mol. The van der Waals surface area contributed by atoms with Gasteiger partial charge in [-0.2, -0.15) is 0 Å². The van der Waals surface area contributed by atoms with Gasteiger partial charge in [-0.05, 0) is 49.2 Å². The summed E-state index contributed by atoms with van der Waals surface area (Å²) < 4.78 is 0. The Balaban J connectivity index is 2.18. The molecule has 0 spiro atoms. The highest BCUT2D eigenvalue weighted by molar-refractivity contribution is 6.01. The zero-order valence-electron chi connectivity index (χ0n) is 16.2. The summed E-state index contributed by atoms with van der Waals surface area (Å²) in [6.45, 7) is 9.86. The van der Waals surface area contributed by atoms with Crippen molar-refractivity contribution < 1.29 is 9.59 Å². The van der Waals surface area contributed by atoms with Gasteiger partial charge in [0.2, 0.25) is 11.8 Å². The van der Waals surface area contributed by atoms with Gasteiger partial charge in [0.25, 0.3) is 0 Å². The van der Waals surface area contributed by atoms with Crippen molar-refractivity contribution >= 4 is 17.5 Å². The van der Waals surface area contributed by atoms with E-state index in [0.717, 1.165) is 22.5 Å². The highest BCUT2D eigenvalue weighted by atomic mass is 16.2. The topological polar surface area (TPSA) is 62.3 Å². The van der Waals surface area contributed by atoms with Crippen LogP contribution in [0.15, 0.2) is 42.6 Å². The van der Waals surface area contributed by atoms with E-state index in [1.54, 1.807) is 11.1 Å². The van der Waals surface area contributed by atoms with Crippen LogP contribution >= 0.6 is 0 Å². The summed E-state index contributed by atoms with van der Waals surface area (Å²) in [5, 5.41) is 2.84. The fourth-order valence-corrected chi connectivity index (χ4v) is 2.68. The van der Waals surface area contributed by atoms with Crippen molar-refractivity contribution in [2.75, 3.05) is 11.4 Å². The molecule has 2 aromatic rings. The van der Waals surface area contributed by atoms with Crippen LogP contribution in [0, 0.1) is 19.3 Å². The van der Waals surface area contributed by atoms with Crippen LogP contribution < -0.4 is 10.2 Å². The summed E-state index contributed by atoms with van der Waals surface area (Å²) in [7, 11) is 0. The number of anilines is 1. The molecule has 2 rings (SSSR count). The number of rotatable bonds is 5. The van der Waals surface area contributed by atoms with E-state index in [1.807, 2.05) is 71.0 Å². The highest BCUT2D eigenvalue weighted by Crippen LogP contribution is 2.25. The third-order valence-electron chi connectivity index (χ3n) is 3.90. The van der Waals surface area contributed by atoms with Crippen molar-refractivity contribution in [3.63, 3.8) is 0 Å². The van der Waals surface area contributed by atoms with Gasteiger partial charge in [-0.25, -0.2) is 0 Å². The smallest absolute Gasteiger partial charge is 0.240 e. The van der Waals surface area contributed by atoms with Crippen molar-refractivity contribution in [2.45, 2.75) is 41.2 Å². The maximum absolute atomic E-state index is 12.9. The molecule has 0 aliphatic rings. The summed E-state index contributed by atoms with van der Waals surface area (Å²) in [6.07, 6.45) is 1.69. The fourth-order valence-electron chi connectivity index (χ4n) is 2.68. The van der Waals surface area contributed by atoms with E-state index >= 15 is 0 Å². The number of hydrogen-bond donors (Lipinski definition) is 1. The molecule has 1 aromatic heterocycles. The van der Waals surface area contributed by atoms with Crippen molar-refractivity contribution in [3.05, 3.63) is 59.4 Å². The van der Waals surface area contributed by atoms with E-state index < -0.39 is 5.41 Å². The Hall–Kier alpha value is -2.69. The zero-order valence-corrected chi connectivity index (χ0v) is 16.2. The first-order valence-corrected chi connectivity index (χ1v) is 8.73. The Bertz CT molecular complexity index is 759. The lowest BCUT2D eigenvalue weighted by molar-refractivity contribution is -0.128. The first-order chi connectivity index (χ1) is 12.2. The van der Waals surface area contributed by atoms with E-state index in [-0.39, 0.29) is 18.4 Å². The predicted molar refractivity (Wildman–Crippen MR) is 104 cm³/mol. The van der Waals surface area contributed by atoms with Crippen LogP contribution in [0.3, 0.4) is 0 Å². The van der Waals surface area contributed by atoms with Gasteiger partial charge in [0.1, 0.15) is 6.54 Å². The Kier molecular flexibility index (Phi) is 6.14. The maximum atomic E-state index is 12.9. The lowest BCUT2D eigenvalue weighted by Crippen LogP contribution is -2.45. The predicted octanol–water partition coefficient (Wildman–Crippen LogP) is 3.39. The van der Waals surface area contributed by atoms with Crippen molar-refractivity contribution in [1.29, 1.82) is 0 Å². The number of benzene rings is 1. The van der Waals surface area contributed by atoms with Gasteiger partial charge >= 0.3 is 0 Å². The summed E-state index contributed by atoms with van der Waals surface area (Å²) in [5.74, 6) is -0.303. The molecular weight excluding hydrogens is 326 g/mol. The molecule has 0 saturated heterocycles. The second-order valence-corrected chi connectivity index (χ2v) is 7.59. The quantitative estimate of drug-likeness (QED) is 0.896. The molecule has 26 heavy (non-hydrogen) atoms. The SMILES string of the molecule is Cc1cc(C)cc(N(CC(=O)NCc2ccccn2)C(=O)C(C)(C)C)c1. The average Bonchev–Trinajstić information content (AvgIpc) is 2.56. The Morgan fingerprint density at radius 3 is 2.27 bits per heavy atom. The third kappa shape index (κ3) is 5.41. The highest BCUT2D eigenvalue weighted by Gasteiger charge is 2.29. The number of hydrogen-bond acceptors (Lipinski definition) is 3. The molecule has 0 fully saturated rings. The van der Waals surface area contributed by atoms with E-state index in [9.17, 15) is 9.59 Å². The monoisotopic (exact) mass is 353 g/mol. The molecule has 1 N–H and O–H groups in total. The van der Waals surface area contributed by atoms with Crippen LogP contribution in [0.4, 0.5) is 5.69 Å². The van der Waals surface area contributed by atoms with Crippen LogP contribution in [-0.2, 0) is 16.1 Å². The number of aromatic nitrogens is 1. The Labute approximate surface area is 155 Å². The summed E-state index contributed by atoms with van der Waals surface area (Å²) in [6, 6.07) is 11.5. The van der Waals surface area contributed by atoms with E-state index in [1.165, 1.54) is 0 Å². The van der Waals surface area contributed by atoms with Gasteiger partial charge in [-0.1, -0.05) is 32.9 Å². The van der Waals surface area contributed by atoms with Crippen molar-refractivity contribution in [2.24, 2.45) is 5.41 Å². The summed E-state index contributed by atoms with van der Waals surface area (Å²) in [5.41, 5.74) is 3.05. The molecule has 0 atom stereocenters. The van der Waals surface area contributed by atoms with Gasteiger partial charge < -0.3 is 10.2 Å². The minimum Gasteiger partial charge on any atom is -0.349 e. The maximum Gasteiger partial charge on any atom is 0.240 e. The molecule has 0 aliphatic heterocycles. The molecule has 0 bridgehead atoms. The van der Waals surface area contributed by atoms with Gasteiger partial charge in [-0.15, -0.1) is 0 Å². The summed E-state index contributed by atoms with van der Waals surface area (Å²) in [4.78, 5) is 31.2. The molecule has 1 heterocycles. The Morgan fingerprint density at radius 2 is 1.73 bits per heavy atom. The van der Waals surface area contributed by atoms with E-state index in [2.05, 4.69) is 10.3 Å². The summed E-state index contributed by atoms with van der Waals surface area (Å²) >= 11 is 0. The molecule has 1 aromatic carbocycles. The number of nitrogens with one attached hydrogen (secondary N) is 1. The molecule has 0 radical (unpaired) electrons. The minimum absolute atomic E-state index is 0.0220. The Morgan fingerprint density at radius 1 is 1.08 bits per heavy atom. The number of aryl methyl sites for hydroxylation is 2. The molecule has 0 aliphatic carbocycles. The first-order valence-electron chi connectivity index (χ1n) is 8.73. The van der Waals surface area contributed by atoms with Crippen LogP contribution in [-0.4, -0.2) is 23.3 Å². The third-order valence-corrected chi connectivity index (χ3v) is 3.90. The number of amides is 2. The fraction of sp³-hybridized carbons (Fsp3) is 0.381.